The fourth-order valence-electron chi connectivity index (χ4n) is 1.56. The quantitative estimate of drug-likeness (QED) is 0.788. The minimum Gasteiger partial charge on any atom is -0.396 e. The summed E-state index contributed by atoms with van der Waals surface area (Å²) in [4.78, 5) is 18.5. The van der Waals surface area contributed by atoms with Crippen LogP contribution in [0.1, 0.15) is 11.3 Å². The molecule has 1 fully saturated rings. The predicted molar refractivity (Wildman–Crippen MR) is 54.4 cm³/mol. The number of aromatic nitrogens is 1. The fraction of sp³-hybridized carbons (Fsp3) is 0.556. The lowest BCUT2D eigenvalue weighted by molar-refractivity contribution is -0.117. The summed E-state index contributed by atoms with van der Waals surface area (Å²) in [6, 6.07) is 0. The Labute approximate surface area is 86.2 Å². The van der Waals surface area contributed by atoms with Gasteiger partial charge in [-0.05, 0) is 6.92 Å². The summed E-state index contributed by atoms with van der Waals surface area (Å²) in [5, 5.41) is 9.71. The summed E-state index contributed by atoms with van der Waals surface area (Å²) in [5.41, 5.74) is 0. The average molecular weight is 212 g/mol. The molecule has 1 amide bonds. The molecular weight excluding hydrogens is 200 g/mol. The topological polar surface area (TPSA) is 53.4 Å². The zero-order valence-electron chi connectivity index (χ0n) is 7.93. The SMILES string of the molecule is Cc1cnc(N2CC(CO)CC2=O)s1. The molecule has 1 aliphatic rings. The van der Waals surface area contributed by atoms with Crippen LogP contribution in [0.2, 0.25) is 0 Å². The molecule has 1 unspecified atom stereocenters. The van der Waals surface area contributed by atoms with Crippen molar-refractivity contribution in [1.29, 1.82) is 0 Å². The lowest BCUT2D eigenvalue weighted by atomic mass is 10.1. The third-order valence-corrected chi connectivity index (χ3v) is 3.24. The maximum absolute atomic E-state index is 11.5. The van der Waals surface area contributed by atoms with E-state index in [1.54, 1.807) is 11.1 Å². The molecule has 1 atom stereocenters. The molecule has 76 valence electrons. The van der Waals surface area contributed by atoms with Gasteiger partial charge in [0.1, 0.15) is 0 Å². The van der Waals surface area contributed by atoms with Crippen LogP contribution in [-0.4, -0.2) is 29.1 Å². The Morgan fingerprint density at radius 3 is 3.07 bits per heavy atom. The molecule has 1 saturated heterocycles. The number of hydrogen-bond donors (Lipinski definition) is 1. The Kier molecular flexibility index (Phi) is 2.52. The number of thiazole rings is 1. The molecule has 0 bridgehead atoms. The van der Waals surface area contributed by atoms with Crippen LogP contribution in [0, 0.1) is 12.8 Å². The third kappa shape index (κ3) is 1.65. The molecule has 0 spiro atoms. The first kappa shape index (κ1) is 9.61. The molecule has 0 saturated carbocycles. The Hall–Kier alpha value is -0.940. The molecule has 0 radical (unpaired) electrons. The molecule has 0 aromatic carbocycles. The van der Waals surface area contributed by atoms with Gasteiger partial charge in [0, 0.05) is 36.6 Å². The van der Waals surface area contributed by atoms with Crippen molar-refractivity contribution in [2.75, 3.05) is 18.1 Å². The van der Waals surface area contributed by atoms with Gasteiger partial charge in [0.2, 0.25) is 5.91 Å². The van der Waals surface area contributed by atoms with Crippen molar-refractivity contribution in [3.63, 3.8) is 0 Å². The van der Waals surface area contributed by atoms with Gasteiger partial charge in [-0.1, -0.05) is 0 Å². The maximum Gasteiger partial charge on any atom is 0.229 e. The highest BCUT2D eigenvalue weighted by Gasteiger charge is 2.31. The molecular formula is C9H12N2O2S. The first-order valence-electron chi connectivity index (χ1n) is 4.54. The van der Waals surface area contributed by atoms with Crippen LogP contribution >= 0.6 is 11.3 Å². The van der Waals surface area contributed by atoms with Gasteiger partial charge in [-0.3, -0.25) is 9.69 Å². The van der Waals surface area contributed by atoms with E-state index in [9.17, 15) is 4.79 Å². The van der Waals surface area contributed by atoms with Gasteiger partial charge in [0.05, 0.1) is 0 Å². The van der Waals surface area contributed by atoms with Crippen molar-refractivity contribution in [3.8, 4) is 0 Å². The van der Waals surface area contributed by atoms with Crippen LogP contribution in [0.4, 0.5) is 5.13 Å². The van der Waals surface area contributed by atoms with E-state index in [4.69, 9.17) is 5.11 Å². The van der Waals surface area contributed by atoms with Crippen LogP contribution in [0.25, 0.3) is 0 Å². The standard InChI is InChI=1S/C9H12N2O2S/c1-6-3-10-9(14-6)11-4-7(5-12)2-8(11)13/h3,7,12H,2,4-5H2,1H3. The maximum atomic E-state index is 11.5. The fourth-order valence-corrected chi connectivity index (χ4v) is 2.34. The summed E-state index contributed by atoms with van der Waals surface area (Å²) >= 11 is 1.51. The normalized spacial score (nSPS) is 22.0. The number of nitrogens with zero attached hydrogens (tertiary/aromatic N) is 2. The second kappa shape index (κ2) is 3.67. The summed E-state index contributed by atoms with van der Waals surface area (Å²) in [7, 11) is 0. The van der Waals surface area contributed by atoms with E-state index in [2.05, 4.69) is 4.98 Å². The van der Waals surface area contributed by atoms with Crippen LogP contribution in [0.15, 0.2) is 6.20 Å². The number of carbonyl (C=O) groups excluding carboxylic acids is 1. The van der Waals surface area contributed by atoms with Crippen molar-refractivity contribution in [1.82, 2.24) is 4.98 Å². The van der Waals surface area contributed by atoms with Crippen molar-refractivity contribution < 1.29 is 9.90 Å². The molecule has 1 aromatic heterocycles. The molecule has 1 N–H and O–H groups in total. The van der Waals surface area contributed by atoms with Gasteiger partial charge in [-0.25, -0.2) is 4.98 Å². The van der Waals surface area contributed by atoms with E-state index in [1.807, 2.05) is 6.92 Å². The Morgan fingerprint density at radius 1 is 1.79 bits per heavy atom. The molecule has 4 nitrogen and oxygen atoms in total. The smallest absolute Gasteiger partial charge is 0.229 e. The molecule has 5 heteroatoms. The number of anilines is 1. The Morgan fingerprint density at radius 2 is 2.57 bits per heavy atom. The van der Waals surface area contributed by atoms with Crippen LogP contribution < -0.4 is 4.90 Å². The molecule has 14 heavy (non-hydrogen) atoms. The monoisotopic (exact) mass is 212 g/mol. The molecule has 0 aliphatic carbocycles. The van der Waals surface area contributed by atoms with E-state index < -0.39 is 0 Å². The average Bonchev–Trinajstić information content (AvgIpc) is 2.71. The van der Waals surface area contributed by atoms with E-state index in [1.165, 1.54) is 11.3 Å². The number of amides is 1. The Bertz CT molecular complexity index is 350. The first-order valence-corrected chi connectivity index (χ1v) is 5.36. The number of hydrogen-bond acceptors (Lipinski definition) is 4. The third-order valence-electron chi connectivity index (χ3n) is 2.30. The summed E-state index contributed by atoms with van der Waals surface area (Å²) < 4.78 is 0. The van der Waals surface area contributed by atoms with Crippen LogP contribution in [0.3, 0.4) is 0 Å². The van der Waals surface area contributed by atoms with Gasteiger partial charge in [-0.15, -0.1) is 11.3 Å². The molecule has 1 aromatic rings. The largest absolute Gasteiger partial charge is 0.396 e. The minimum absolute atomic E-state index is 0.0680. The zero-order valence-corrected chi connectivity index (χ0v) is 8.75. The highest BCUT2D eigenvalue weighted by molar-refractivity contribution is 7.15. The van der Waals surface area contributed by atoms with Crippen LogP contribution in [0.5, 0.6) is 0 Å². The van der Waals surface area contributed by atoms with Crippen molar-refractivity contribution in [2.24, 2.45) is 5.92 Å². The van der Waals surface area contributed by atoms with E-state index in [0.717, 1.165) is 10.0 Å². The number of aryl methyl sites for hydroxylation is 1. The lowest BCUT2D eigenvalue weighted by Crippen LogP contribution is -2.24. The summed E-state index contributed by atoms with van der Waals surface area (Å²) in [5.74, 6) is 0.144. The van der Waals surface area contributed by atoms with Gasteiger partial charge < -0.3 is 5.11 Å². The highest BCUT2D eigenvalue weighted by Crippen LogP contribution is 2.28. The summed E-state index contributed by atoms with van der Waals surface area (Å²) in [6.07, 6.45) is 2.20. The van der Waals surface area contributed by atoms with Gasteiger partial charge >= 0.3 is 0 Å². The number of carbonyl (C=O) groups is 1. The van der Waals surface area contributed by atoms with Gasteiger partial charge in [-0.2, -0.15) is 0 Å². The molecule has 2 heterocycles. The number of aliphatic hydroxyl groups is 1. The molecule has 2 rings (SSSR count). The van der Waals surface area contributed by atoms with Crippen molar-refractivity contribution in [3.05, 3.63) is 11.1 Å². The summed E-state index contributed by atoms with van der Waals surface area (Å²) in [6.45, 7) is 2.64. The second-order valence-electron chi connectivity index (χ2n) is 3.51. The highest BCUT2D eigenvalue weighted by atomic mass is 32.1. The first-order chi connectivity index (χ1) is 6.70. The number of rotatable bonds is 2. The van der Waals surface area contributed by atoms with Crippen molar-refractivity contribution in [2.45, 2.75) is 13.3 Å². The molecule has 1 aliphatic heterocycles. The predicted octanol–water partition coefficient (Wildman–Crippen LogP) is 0.797. The van der Waals surface area contributed by atoms with Gasteiger partial charge in [0.25, 0.3) is 0 Å². The lowest BCUT2D eigenvalue weighted by Gasteiger charge is -2.11. The van der Waals surface area contributed by atoms with E-state index in [0.29, 0.717) is 13.0 Å². The second-order valence-corrected chi connectivity index (χ2v) is 4.72. The minimum atomic E-state index is 0.0680. The van der Waals surface area contributed by atoms with Crippen LogP contribution in [-0.2, 0) is 4.79 Å². The zero-order chi connectivity index (χ0) is 10.1. The van der Waals surface area contributed by atoms with E-state index >= 15 is 0 Å². The van der Waals surface area contributed by atoms with Crippen molar-refractivity contribution >= 4 is 22.4 Å². The van der Waals surface area contributed by atoms with Gasteiger partial charge in [0.15, 0.2) is 5.13 Å². The number of aliphatic hydroxyl groups excluding tert-OH is 1. The Balaban J connectivity index is 2.16. The van der Waals surface area contributed by atoms with E-state index in [-0.39, 0.29) is 18.4 Å².